The summed E-state index contributed by atoms with van der Waals surface area (Å²) in [5.74, 6) is 0. The van der Waals surface area contributed by atoms with Crippen molar-refractivity contribution < 1.29 is 0 Å². The highest BCUT2D eigenvalue weighted by molar-refractivity contribution is 6.31. The number of pyridine rings is 1. The number of hydrogen-bond acceptors (Lipinski definition) is 2. The molecule has 13 heavy (non-hydrogen) atoms. The van der Waals surface area contributed by atoms with Crippen LogP contribution in [0, 0.1) is 6.92 Å². The van der Waals surface area contributed by atoms with Crippen molar-refractivity contribution in [3.63, 3.8) is 0 Å². The molecular weight excluding hydrogens is 184 g/mol. The summed E-state index contributed by atoms with van der Waals surface area (Å²) in [6.45, 7) is 1.92. The van der Waals surface area contributed by atoms with E-state index in [1.807, 2.05) is 31.2 Å². The second-order valence-electron chi connectivity index (χ2n) is 3.01. The molecule has 0 saturated heterocycles. The molecule has 2 rings (SSSR count). The number of rotatable bonds is 0. The fourth-order valence-corrected chi connectivity index (χ4v) is 1.53. The zero-order valence-electron chi connectivity index (χ0n) is 7.21. The molecule has 0 aliphatic rings. The van der Waals surface area contributed by atoms with Gasteiger partial charge in [-0.3, -0.25) is 4.98 Å². The van der Waals surface area contributed by atoms with Gasteiger partial charge in [0, 0.05) is 21.8 Å². The summed E-state index contributed by atoms with van der Waals surface area (Å²) in [5.41, 5.74) is 8.37. The third-order valence-corrected chi connectivity index (χ3v) is 2.17. The average molecular weight is 193 g/mol. The highest BCUT2D eigenvalue weighted by atomic mass is 35.5. The number of fused-ring (bicyclic) bond motifs is 1. The van der Waals surface area contributed by atoms with E-state index >= 15 is 0 Å². The molecule has 1 aromatic carbocycles. The molecule has 0 amide bonds. The van der Waals surface area contributed by atoms with Crippen molar-refractivity contribution in [2.45, 2.75) is 6.92 Å². The molecule has 1 heterocycles. The Bertz CT molecular complexity index is 466. The Morgan fingerprint density at radius 1 is 1.31 bits per heavy atom. The summed E-state index contributed by atoms with van der Waals surface area (Å²) >= 11 is 5.85. The molecule has 0 atom stereocenters. The van der Waals surface area contributed by atoms with Gasteiger partial charge < -0.3 is 5.73 Å². The Morgan fingerprint density at radius 3 is 2.85 bits per heavy atom. The maximum Gasteiger partial charge on any atom is 0.0726 e. The van der Waals surface area contributed by atoms with Crippen LogP contribution in [0.5, 0.6) is 0 Å². The first-order valence-electron chi connectivity index (χ1n) is 3.99. The van der Waals surface area contributed by atoms with Crippen LogP contribution in [-0.2, 0) is 0 Å². The molecule has 2 N–H and O–H groups in total. The molecule has 0 spiro atoms. The fraction of sp³-hybridized carbons (Fsp3) is 0.100. The number of nitrogen functional groups attached to an aromatic ring is 1. The van der Waals surface area contributed by atoms with Gasteiger partial charge in [0.15, 0.2) is 0 Å². The average Bonchev–Trinajstić information content (AvgIpc) is 2.06. The normalized spacial score (nSPS) is 10.6. The number of benzene rings is 1. The van der Waals surface area contributed by atoms with Gasteiger partial charge in [-0.1, -0.05) is 11.6 Å². The minimum atomic E-state index is 0.685. The van der Waals surface area contributed by atoms with Crippen LogP contribution >= 0.6 is 11.6 Å². The summed E-state index contributed by atoms with van der Waals surface area (Å²) in [6, 6.07) is 7.37. The second kappa shape index (κ2) is 2.89. The quantitative estimate of drug-likeness (QED) is 0.697. The summed E-state index contributed by atoms with van der Waals surface area (Å²) in [7, 11) is 0. The van der Waals surface area contributed by atoms with Crippen molar-refractivity contribution in [3.8, 4) is 0 Å². The largest absolute Gasteiger partial charge is 0.398 e. The Labute approximate surface area is 81.3 Å². The van der Waals surface area contributed by atoms with Crippen LogP contribution in [0.15, 0.2) is 24.3 Å². The van der Waals surface area contributed by atoms with Gasteiger partial charge in [0.25, 0.3) is 0 Å². The van der Waals surface area contributed by atoms with Gasteiger partial charge in [-0.25, -0.2) is 0 Å². The topological polar surface area (TPSA) is 38.9 Å². The van der Waals surface area contributed by atoms with E-state index in [1.54, 1.807) is 0 Å². The van der Waals surface area contributed by atoms with E-state index in [0.717, 1.165) is 22.3 Å². The number of nitrogens with zero attached hydrogens (tertiary/aromatic N) is 1. The maximum absolute atomic E-state index is 5.85. The van der Waals surface area contributed by atoms with E-state index < -0.39 is 0 Å². The number of nitrogens with two attached hydrogens (primary N) is 1. The molecule has 2 nitrogen and oxygen atoms in total. The standard InChI is InChI=1S/C10H9ClN2/c1-6-4-9(12)8-5-7(11)2-3-10(8)13-6/h2-5H,1H3,(H2,12,13). The van der Waals surface area contributed by atoms with Crippen LogP contribution in [0.4, 0.5) is 5.69 Å². The predicted molar refractivity (Wildman–Crippen MR) is 55.9 cm³/mol. The van der Waals surface area contributed by atoms with E-state index in [4.69, 9.17) is 17.3 Å². The lowest BCUT2D eigenvalue weighted by Crippen LogP contribution is -1.91. The molecule has 0 radical (unpaired) electrons. The maximum atomic E-state index is 5.85. The molecule has 0 bridgehead atoms. The molecule has 0 fully saturated rings. The number of aryl methyl sites for hydroxylation is 1. The van der Waals surface area contributed by atoms with Crippen molar-refractivity contribution in [1.82, 2.24) is 4.98 Å². The van der Waals surface area contributed by atoms with E-state index in [1.165, 1.54) is 0 Å². The number of hydrogen-bond donors (Lipinski definition) is 1. The summed E-state index contributed by atoms with van der Waals surface area (Å²) in [5, 5.41) is 1.60. The van der Waals surface area contributed by atoms with Crippen molar-refractivity contribution >= 4 is 28.2 Å². The predicted octanol–water partition coefficient (Wildman–Crippen LogP) is 2.78. The highest BCUT2D eigenvalue weighted by Crippen LogP contribution is 2.23. The van der Waals surface area contributed by atoms with Gasteiger partial charge in [-0.2, -0.15) is 0 Å². The first kappa shape index (κ1) is 8.32. The molecule has 1 aromatic heterocycles. The van der Waals surface area contributed by atoms with E-state index in [0.29, 0.717) is 5.02 Å². The van der Waals surface area contributed by atoms with Gasteiger partial charge in [0.1, 0.15) is 0 Å². The van der Waals surface area contributed by atoms with E-state index in [2.05, 4.69) is 4.98 Å². The van der Waals surface area contributed by atoms with Gasteiger partial charge in [-0.15, -0.1) is 0 Å². The minimum absolute atomic E-state index is 0.685. The van der Waals surface area contributed by atoms with Crippen LogP contribution < -0.4 is 5.73 Å². The number of aromatic nitrogens is 1. The molecular formula is C10H9ClN2. The first-order chi connectivity index (χ1) is 6.16. The molecule has 0 aliphatic carbocycles. The SMILES string of the molecule is Cc1cc(N)c2cc(Cl)ccc2n1. The Morgan fingerprint density at radius 2 is 2.08 bits per heavy atom. The van der Waals surface area contributed by atoms with Gasteiger partial charge in [0.05, 0.1) is 5.52 Å². The second-order valence-corrected chi connectivity index (χ2v) is 3.45. The lowest BCUT2D eigenvalue weighted by molar-refractivity contribution is 1.26. The molecule has 66 valence electrons. The molecule has 0 saturated carbocycles. The Hall–Kier alpha value is -1.28. The van der Waals surface area contributed by atoms with Gasteiger partial charge >= 0.3 is 0 Å². The van der Waals surface area contributed by atoms with Crippen LogP contribution in [0.25, 0.3) is 10.9 Å². The highest BCUT2D eigenvalue weighted by Gasteiger charge is 2.00. The summed E-state index contributed by atoms with van der Waals surface area (Å²) < 4.78 is 0. The lowest BCUT2D eigenvalue weighted by atomic mass is 10.2. The zero-order chi connectivity index (χ0) is 9.42. The number of anilines is 1. The van der Waals surface area contributed by atoms with Gasteiger partial charge in [0.2, 0.25) is 0 Å². The summed E-state index contributed by atoms with van der Waals surface area (Å²) in [4.78, 5) is 4.34. The lowest BCUT2D eigenvalue weighted by Gasteiger charge is -2.03. The smallest absolute Gasteiger partial charge is 0.0726 e. The Kier molecular flexibility index (Phi) is 1.85. The van der Waals surface area contributed by atoms with Crippen molar-refractivity contribution in [3.05, 3.63) is 35.0 Å². The third kappa shape index (κ3) is 1.45. The van der Waals surface area contributed by atoms with Crippen LogP contribution in [0.2, 0.25) is 5.02 Å². The van der Waals surface area contributed by atoms with Crippen molar-refractivity contribution in [1.29, 1.82) is 0 Å². The van der Waals surface area contributed by atoms with E-state index in [9.17, 15) is 0 Å². The van der Waals surface area contributed by atoms with E-state index in [-0.39, 0.29) is 0 Å². The van der Waals surface area contributed by atoms with Gasteiger partial charge in [-0.05, 0) is 31.2 Å². The van der Waals surface area contributed by atoms with Crippen LogP contribution in [0.3, 0.4) is 0 Å². The van der Waals surface area contributed by atoms with Crippen molar-refractivity contribution in [2.24, 2.45) is 0 Å². The monoisotopic (exact) mass is 192 g/mol. The Balaban J connectivity index is 2.87. The zero-order valence-corrected chi connectivity index (χ0v) is 7.97. The first-order valence-corrected chi connectivity index (χ1v) is 4.37. The molecule has 0 unspecified atom stereocenters. The molecule has 3 heteroatoms. The van der Waals surface area contributed by atoms with Crippen LogP contribution in [-0.4, -0.2) is 4.98 Å². The number of halogens is 1. The van der Waals surface area contributed by atoms with Crippen molar-refractivity contribution in [2.75, 3.05) is 5.73 Å². The third-order valence-electron chi connectivity index (χ3n) is 1.93. The fourth-order valence-electron chi connectivity index (χ4n) is 1.36. The van der Waals surface area contributed by atoms with Crippen LogP contribution in [0.1, 0.15) is 5.69 Å². The summed E-state index contributed by atoms with van der Waals surface area (Å²) in [6.07, 6.45) is 0. The minimum Gasteiger partial charge on any atom is -0.398 e. The molecule has 0 aliphatic heterocycles. The molecule has 2 aromatic rings.